The fraction of sp³-hybridized carbons (Fsp3) is 0.259. The summed E-state index contributed by atoms with van der Waals surface area (Å²) in [4.78, 5) is 31.5. The van der Waals surface area contributed by atoms with Gasteiger partial charge in [-0.1, -0.05) is 49.7 Å². The number of hydrogen-bond donors (Lipinski definition) is 0. The van der Waals surface area contributed by atoms with Gasteiger partial charge in [-0.15, -0.1) is 0 Å². The monoisotopic (exact) mass is 494 g/mol. The van der Waals surface area contributed by atoms with Crippen molar-refractivity contribution in [2.24, 2.45) is 0 Å². The van der Waals surface area contributed by atoms with E-state index in [1.54, 1.807) is 59.5 Å². The summed E-state index contributed by atoms with van der Waals surface area (Å²) in [5.41, 5.74) is 2.26. The first-order chi connectivity index (χ1) is 16.4. The molecule has 1 aliphatic rings. The summed E-state index contributed by atoms with van der Waals surface area (Å²) in [6.07, 6.45) is 1.72. The summed E-state index contributed by atoms with van der Waals surface area (Å²) in [7, 11) is -1.56. The molecule has 1 aliphatic heterocycles. The Hall–Kier alpha value is -2.96. The number of halogens is 1. The Kier molecular flexibility index (Phi) is 7.49. The molecule has 0 radical (unpaired) electrons. The number of benzene rings is 3. The maximum absolute atomic E-state index is 13.7. The molecule has 0 N–H and O–H groups in total. The van der Waals surface area contributed by atoms with Gasteiger partial charge >= 0.3 is 0 Å². The quantitative estimate of drug-likeness (QED) is 0.409. The predicted molar refractivity (Wildman–Crippen MR) is 136 cm³/mol. The fourth-order valence-electron chi connectivity index (χ4n) is 4.16. The van der Waals surface area contributed by atoms with Gasteiger partial charge in [0.15, 0.2) is 0 Å². The second kappa shape index (κ2) is 10.5. The van der Waals surface area contributed by atoms with Crippen LogP contribution >= 0.6 is 11.6 Å². The van der Waals surface area contributed by atoms with Gasteiger partial charge in [0.2, 0.25) is 0 Å². The van der Waals surface area contributed by atoms with E-state index in [4.69, 9.17) is 11.6 Å². The standard InChI is InChI=1S/C27H27ClN2O3S/c1-3-15-29(16-4-2)26(31)20-11-14-25-23(17-20)30(18-19-9-12-21(28)13-10-19)27(32)22-7-5-6-8-24(22)34(25)33/h5-14,17H,3-4,15-16,18H2,1-2H3/t34-/m0/s1. The zero-order valence-electron chi connectivity index (χ0n) is 19.3. The number of fused-ring (bicyclic) bond motifs is 2. The van der Waals surface area contributed by atoms with E-state index in [2.05, 4.69) is 0 Å². The van der Waals surface area contributed by atoms with Crippen LogP contribution in [0.3, 0.4) is 0 Å². The lowest BCUT2D eigenvalue weighted by Crippen LogP contribution is -2.33. The van der Waals surface area contributed by atoms with E-state index >= 15 is 0 Å². The highest BCUT2D eigenvalue weighted by atomic mass is 35.5. The number of hydrogen-bond acceptors (Lipinski definition) is 3. The van der Waals surface area contributed by atoms with Crippen molar-refractivity contribution in [1.82, 2.24) is 4.90 Å². The molecule has 5 nitrogen and oxygen atoms in total. The van der Waals surface area contributed by atoms with E-state index in [0.717, 1.165) is 18.4 Å². The van der Waals surface area contributed by atoms with Crippen LogP contribution < -0.4 is 4.90 Å². The van der Waals surface area contributed by atoms with Crippen molar-refractivity contribution in [2.45, 2.75) is 43.0 Å². The van der Waals surface area contributed by atoms with Gasteiger partial charge in [-0.25, -0.2) is 4.21 Å². The Labute approximate surface area is 207 Å². The molecule has 0 fully saturated rings. The molecule has 0 bridgehead atoms. The van der Waals surface area contributed by atoms with E-state index in [9.17, 15) is 13.8 Å². The third-order valence-corrected chi connectivity index (χ3v) is 7.54. The normalized spacial score (nSPS) is 14.9. The highest BCUT2D eigenvalue weighted by molar-refractivity contribution is 7.85. The Bertz CT molecular complexity index is 1240. The van der Waals surface area contributed by atoms with Crippen LogP contribution in [0.1, 0.15) is 53.0 Å². The molecule has 0 unspecified atom stereocenters. The molecular weight excluding hydrogens is 468 g/mol. The van der Waals surface area contributed by atoms with Crippen LogP contribution in [0.4, 0.5) is 5.69 Å². The zero-order chi connectivity index (χ0) is 24.2. The molecule has 1 heterocycles. The largest absolute Gasteiger partial charge is 0.339 e. The molecule has 0 saturated carbocycles. The lowest BCUT2D eigenvalue weighted by atomic mass is 10.1. The first-order valence-electron chi connectivity index (χ1n) is 11.4. The van der Waals surface area contributed by atoms with E-state index < -0.39 is 10.8 Å². The van der Waals surface area contributed by atoms with Crippen LogP contribution in [0.15, 0.2) is 76.5 Å². The van der Waals surface area contributed by atoms with Crippen LogP contribution in [0, 0.1) is 0 Å². The smallest absolute Gasteiger partial charge is 0.259 e. The van der Waals surface area contributed by atoms with Crippen molar-refractivity contribution < 1.29 is 13.8 Å². The van der Waals surface area contributed by atoms with Crippen LogP contribution in [0.2, 0.25) is 5.02 Å². The van der Waals surface area contributed by atoms with Gasteiger partial charge in [-0.2, -0.15) is 0 Å². The van der Waals surface area contributed by atoms with Gasteiger partial charge in [0, 0.05) is 23.7 Å². The SMILES string of the molecule is CCCN(CCC)C(=O)c1ccc2c(c1)N(Cc1ccc(Cl)cc1)C(=O)c1ccccc1[S@@]2=O. The van der Waals surface area contributed by atoms with Gasteiger partial charge in [0.1, 0.15) is 0 Å². The molecule has 176 valence electrons. The van der Waals surface area contributed by atoms with Crippen LogP contribution in [0.5, 0.6) is 0 Å². The molecule has 1 atom stereocenters. The van der Waals surface area contributed by atoms with E-state index in [1.807, 2.05) is 30.9 Å². The first-order valence-corrected chi connectivity index (χ1v) is 13.0. The van der Waals surface area contributed by atoms with Crippen molar-refractivity contribution in [3.8, 4) is 0 Å². The zero-order valence-corrected chi connectivity index (χ0v) is 20.9. The maximum Gasteiger partial charge on any atom is 0.259 e. The molecule has 0 saturated heterocycles. The third kappa shape index (κ3) is 4.79. The van der Waals surface area contributed by atoms with Gasteiger partial charge in [-0.3, -0.25) is 9.59 Å². The second-order valence-electron chi connectivity index (χ2n) is 8.26. The fourth-order valence-corrected chi connectivity index (χ4v) is 5.63. The van der Waals surface area contributed by atoms with Crippen molar-refractivity contribution >= 4 is 39.9 Å². The molecular formula is C27H27ClN2O3S. The van der Waals surface area contributed by atoms with Crippen molar-refractivity contribution in [3.63, 3.8) is 0 Å². The Balaban J connectivity index is 1.84. The van der Waals surface area contributed by atoms with Gasteiger partial charge < -0.3 is 9.80 Å². The highest BCUT2D eigenvalue weighted by Gasteiger charge is 2.32. The molecule has 0 spiro atoms. The third-order valence-electron chi connectivity index (χ3n) is 5.79. The first kappa shape index (κ1) is 24.2. The molecule has 2 amide bonds. The molecule has 3 aromatic carbocycles. The maximum atomic E-state index is 13.7. The van der Waals surface area contributed by atoms with E-state index in [0.29, 0.717) is 44.7 Å². The number of anilines is 1. The summed E-state index contributed by atoms with van der Waals surface area (Å²) in [6.45, 7) is 5.67. The highest BCUT2D eigenvalue weighted by Crippen LogP contribution is 2.36. The number of amides is 2. The van der Waals surface area contributed by atoms with Crippen molar-refractivity contribution in [1.29, 1.82) is 0 Å². The molecule has 3 aromatic rings. The summed E-state index contributed by atoms with van der Waals surface area (Å²) in [6, 6.07) is 19.4. The molecule has 4 rings (SSSR count). The predicted octanol–water partition coefficient (Wildman–Crippen LogP) is 5.93. The number of rotatable bonds is 7. The lowest BCUT2D eigenvalue weighted by Gasteiger charge is -2.25. The van der Waals surface area contributed by atoms with Crippen LogP contribution in [0.25, 0.3) is 0 Å². The minimum atomic E-state index is -1.56. The summed E-state index contributed by atoms with van der Waals surface area (Å²) in [5.74, 6) is -0.334. The number of nitrogens with zero attached hydrogens (tertiary/aromatic N) is 2. The number of carbonyl (C=O) groups is 2. The van der Waals surface area contributed by atoms with Gasteiger partial charge in [0.05, 0.1) is 38.4 Å². The van der Waals surface area contributed by atoms with E-state index in [1.165, 1.54) is 0 Å². The van der Waals surface area contributed by atoms with Crippen molar-refractivity contribution in [2.75, 3.05) is 18.0 Å². The summed E-state index contributed by atoms with van der Waals surface area (Å²) < 4.78 is 13.6. The van der Waals surface area contributed by atoms with E-state index in [-0.39, 0.29) is 18.4 Å². The Morgan fingerprint density at radius 1 is 0.941 bits per heavy atom. The van der Waals surface area contributed by atoms with Gasteiger partial charge in [-0.05, 0) is 60.9 Å². The summed E-state index contributed by atoms with van der Waals surface area (Å²) in [5, 5.41) is 0.609. The van der Waals surface area contributed by atoms with Crippen molar-refractivity contribution in [3.05, 3.63) is 88.4 Å². The minimum absolute atomic E-state index is 0.0852. The summed E-state index contributed by atoms with van der Waals surface area (Å²) >= 11 is 6.05. The number of carbonyl (C=O) groups excluding carboxylic acids is 2. The van der Waals surface area contributed by atoms with Crippen LogP contribution in [-0.4, -0.2) is 34.0 Å². The second-order valence-corrected chi connectivity index (χ2v) is 10.1. The topological polar surface area (TPSA) is 57.7 Å². The minimum Gasteiger partial charge on any atom is -0.339 e. The lowest BCUT2D eigenvalue weighted by molar-refractivity contribution is 0.0755. The average Bonchev–Trinajstić information content (AvgIpc) is 2.94. The molecule has 7 heteroatoms. The molecule has 0 aromatic heterocycles. The molecule has 34 heavy (non-hydrogen) atoms. The Morgan fingerprint density at radius 3 is 2.29 bits per heavy atom. The average molecular weight is 495 g/mol. The van der Waals surface area contributed by atoms with Gasteiger partial charge in [0.25, 0.3) is 11.8 Å². The van der Waals surface area contributed by atoms with Crippen LogP contribution in [-0.2, 0) is 17.3 Å². The Morgan fingerprint density at radius 2 is 1.62 bits per heavy atom. The molecule has 0 aliphatic carbocycles.